The minimum absolute atomic E-state index is 0.0994. The Morgan fingerprint density at radius 3 is 2.50 bits per heavy atom. The summed E-state index contributed by atoms with van der Waals surface area (Å²) < 4.78 is 24.5. The van der Waals surface area contributed by atoms with E-state index in [2.05, 4.69) is 4.98 Å². The highest BCUT2D eigenvalue weighted by Gasteiger charge is 2.20. The van der Waals surface area contributed by atoms with Crippen molar-refractivity contribution in [2.75, 3.05) is 13.1 Å². The number of aromatic nitrogens is 1. The van der Waals surface area contributed by atoms with Crippen LogP contribution in [0.25, 0.3) is 0 Å². The predicted molar refractivity (Wildman–Crippen MR) is 58.8 cm³/mol. The molecule has 0 aliphatic carbocycles. The van der Waals surface area contributed by atoms with Crippen LogP contribution in [0.3, 0.4) is 0 Å². The van der Waals surface area contributed by atoms with Crippen molar-refractivity contribution in [3.05, 3.63) is 29.6 Å². The SMILES string of the molecule is CCN(CC(F)F)C(=O)c1cccc(C(=O)O)n1. The fraction of sp³-hybridized carbons (Fsp3) is 0.364. The van der Waals surface area contributed by atoms with Crippen molar-refractivity contribution in [2.24, 2.45) is 0 Å². The average Bonchev–Trinajstić information content (AvgIpc) is 2.35. The first-order chi connectivity index (χ1) is 8.45. The van der Waals surface area contributed by atoms with Crippen molar-refractivity contribution in [3.63, 3.8) is 0 Å². The van der Waals surface area contributed by atoms with E-state index in [9.17, 15) is 18.4 Å². The zero-order valence-corrected chi connectivity index (χ0v) is 9.64. The summed E-state index contributed by atoms with van der Waals surface area (Å²) in [5.74, 6) is -1.98. The smallest absolute Gasteiger partial charge is 0.354 e. The molecule has 7 heteroatoms. The number of carbonyl (C=O) groups is 2. The quantitative estimate of drug-likeness (QED) is 0.869. The number of carbonyl (C=O) groups excluding carboxylic acids is 1. The molecule has 1 amide bonds. The predicted octanol–water partition coefficient (Wildman–Crippen LogP) is 1.51. The number of hydrogen-bond donors (Lipinski definition) is 1. The van der Waals surface area contributed by atoms with Crippen LogP contribution < -0.4 is 0 Å². The molecular formula is C11H12F2N2O3. The van der Waals surface area contributed by atoms with E-state index in [0.29, 0.717) is 0 Å². The molecule has 0 fully saturated rings. The Hall–Kier alpha value is -2.05. The van der Waals surface area contributed by atoms with Crippen LogP contribution in [0.2, 0.25) is 0 Å². The van der Waals surface area contributed by atoms with Gasteiger partial charge >= 0.3 is 5.97 Å². The molecule has 1 heterocycles. The van der Waals surface area contributed by atoms with E-state index in [1.807, 2.05) is 0 Å². The van der Waals surface area contributed by atoms with Gasteiger partial charge in [-0.25, -0.2) is 18.6 Å². The van der Waals surface area contributed by atoms with Gasteiger partial charge < -0.3 is 10.0 Å². The summed E-state index contributed by atoms with van der Waals surface area (Å²) in [7, 11) is 0. The molecule has 5 nitrogen and oxygen atoms in total. The Morgan fingerprint density at radius 2 is 2.00 bits per heavy atom. The summed E-state index contributed by atoms with van der Waals surface area (Å²) in [5, 5.41) is 8.72. The Bertz CT molecular complexity index is 452. The van der Waals surface area contributed by atoms with Crippen molar-refractivity contribution in [1.29, 1.82) is 0 Å². The second-order valence-electron chi connectivity index (χ2n) is 3.45. The zero-order valence-electron chi connectivity index (χ0n) is 9.64. The van der Waals surface area contributed by atoms with Crippen molar-refractivity contribution in [2.45, 2.75) is 13.3 Å². The number of carboxylic acids is 1. The normalized spacial score (nSPS) is 10.4. The van der Waals surface area contributed by atoms with Gasteiger partial charge in [-0.3, -0.25) is 4.79 Å². The van der Waals surface area contributed by atoms with Crippen LogP contribution in [0.15, 0.2) is 18.2 Å². The van der Waals surface area contributed by atoms with Gasteiger partial charge in [-0.05, 0) is 19.1 Å². The van der Waals surface area contributed by atoms with Gasteiger partial charge in [0.25, 0.3) is 12.3 Å². The largest absolute Gasteiger partial charge is 0.477 e. The molecule has 0 spiro atoms. The molecule has 0 atom stereocenters. The van der Waals surface area contributed by atoms with E-state index in [-0.39, 0.29) is 17.9 Å². The van der Waals surface area contributed by atoms with Gasteiger partial charge in [0.15, 0.2) is 0 Å². The molecule has 0 aromatic carbocycles. The maximum atomic E-state index is 12.2. The van der Waals surface area contributed by atoms with Gasteiger partial charge in [0.1, 0.15) is 11.4 Å². The molecule has 0 unspecified atom stereocenters. The number of rotatable bonds is 5. The number of amides is 1. The zero-order chi connectivity index (χ0) is 13.7. The first kappa shape index (κ1) is 14.0. The minimum Gasteiger partial charge on any atom is -0.477 e. The van der Waals surface area contributed by atoms with Gasteiger partial charge in [0, 0.05) is 6.54 Å². The van der Waals surface area contributed by atoms with Crippen molar-refractivity contribution in [3.8, 4) is 0 Å². The number of halogens is 2. The maximum absolute atomic E-state index is 12.2. The molecule has 1 aromatic rings. The molecule has 98 valence electrons. The third-order valence-electron chi connectivity index (χ3n) is 2.21. The monoisotopic (exact) mass is 258 g/mol. The van der Waals surface area contributed by atoms with Crippen molar-refractivity contribution < 1.29 is 23.5 Å². The lowest BCUT2D eigenvalue weighted by Gasteiger charge is -2.19. The number of pyridine rings is 1. The summed E-state index contributed by atoms with van der Waals surface area (Å²) in [6.07, 6.45) is -2.64. The molecule has 0 aliphatic rings. The Kier molecular flexibility index (Phi) is 4.70. The van der Waals surface area contributed by atoms with Crippen LogP contribution in [-0.2, 0) is 0 Å². The van der Waals surface area contributed by atoms with Crippen molar-refractivity contribution >= 4 is 11.9 Å². The number of alkyl halides is 2. The van der Waals surface area contributed by atoms with E-state index in [0.717, 1.165) is 4.90 Å². The number of aromatic carboxylic acids is 1. The first-order valence-electron chi connectivity index (χ1n) is 5.23. The number of nitrogens with zero attached hydrogens (tertiary/aromatic N) is 2. The van der Waals surface area contributed by atoms with E-state index in [1.165, 1.54) is 18.2 Å². The fourth-order valence-corrected chi connectivity index (χ4v) is 1.36. The lowest BCUT2D eigenvalue weighted by Crippen LogP contribution is -2.35. The molecule has 18 heavy (non-hydrogen) atoms. The van der Waals surface area contributed by atoms with Crippen LogP contribution in [0.5, 0.6) is 0 Å². The van der Waals surface area contributed by atoms with Gasteiger partial charge in [-0.15, -0.1) is 0 Å². The Labute approximate surface area is 102 Å². The Balaban J connectivity index is 2.94. The van der Waals surface area contributed by atoms with E-state index < -0.39 is 24.8 Å². The standard InChI is InChI=1S/C11H12F2N2O3/c1-2-15(6-9(12)13)10(16)7-4-3-5-8(14-7)11(17)18/h3-5,9H,2,6H2,1H3,(H,17,18). The van der Waals surface area contributed by atoms with Crippen LogP contribution in [0.4, 0.5) is 8.78 Å². The molecule has 0 radical (unpaired) electrons. The summed E-state index contributed by atoms with van der Waals surface area (Å²) >= 11 is 0. The summed E-state index contributed by atoms with van der Waals surface area (Å²) in [5.41, 5.74) is -0.452. The highest BCUT2D eigenvalue weighted by Crippen LogP contribution is 2.06. The van der Waals surface area contributed by atoms with Gasteiger partial charge in [-0.1, -0.05) is 6.07 Å². The molecule has 1 rings (SSSR count). The third-order valence-corrected chi connectivity index (χ3v) is 2.21. The van der Waals surface area contributed by atoms with Gasteiger partial charge in [0.05, 0.1) is 6.54 Å². The second kappa shape index (κ2) is 6.04. The lowest BCUT2D eigenvalue weighted by atomic mass is 10.2. The van der Waals surface area contributed by atoms with E-state index in [1.54, 1.807) is 6.92 Å². The van der Waals surface area contributed by atoms with Crippen LogP contribution in [0.1, 0.15) is 27.9 Å². The number of hydrogen-bond acceptors (Lipinski definition) is 3. The summed E-state index contributed by atoms with van der Waals surface area (Å²) in [6.45, 7) is 0.956. The molecule has 0 saturated heterocycles. The second-order valence-corrected chi connectivity index (χ2v) is 3.45. The highest BCUT2D eigenvalue weighted by atomic mass is 19.3. The number of carboxylic acid groups (broad SMARTS) is 1. The molecule has 1 aromatic heterocycles. The molecule has 0 aliphatic heterocycles. The van der Waals surface area contributed by atoms with Crippen LogP contribution in [0, 0.1) is 0 Å². The summed E-state index contributed by atoms with van der Waals surface area (Å²) in [6, 6.07) is 3.87. The van der Waals surface area contributed by atoms with Gasteiger partial charge in [-0.2, -0.15) is 0 Å². The Morgan fingerprint density at radius 1 is 1.39 bits per heavy atom. The lowest BCUT2D eigenvalue weighted by molar-refractivity contribution is 0.0563. The topological polar surface area (TPSA) is 70.5 Å². The van der Waals surface area contributed by atoms with E-state index in [4.69, 9.17) is 5.11 Å². The third kappa shape index (κ3) is 3.47. The van der Waals surface area contributed by atoms with Crippen LogP contribution >= 0.6 is 0 Å². The average molecular weight is 258 g/mol. The van der Waals surface area contributed by atoms with Gasteiger partial charge in [0.2, 0.25) is 0 Å². The molecule has 0 bridgehead atoms. The minimum atomic E-state index is -2.64. The van der Waals surface area contributed by atoms with Crippen LogP contribution in [-0.4, -0.2) is 46.4 Å². The summed E-state index contributed by atoms with van der Waals surface area (Å²) in [4.78, 5) is 27.0. The maximum Gasteiger partial charge on any atom is 0.354 e. The molecule has 1 N–H and O–H groups in total. The molecule has 0 saturated carbocycles. The van der Waals surface area contributed by atoms with E-state index >= 15 is 0 Å². The molecular weight excluding hydrogens is 246 g/mol. The fourth-order valence-electron chi connectivity index (χ4n) is 1.36. The van der Waals surface area contributed by atoms with Crippen molar-refractivity contribution in [1.82, 2.24) is 9.88 Å². The first-order valence-corrected chi connectivity index (χ1v) is 5.23. The highest BCUT2D eigenvalue weighted by molar-refractivity contribution is 5.94.